The molecule has 0 saturated heterocycles. The molecule has 2 aromatic heterocycles. The Morgan fingerprint density at radius 3 is 2.37 bits per heavy atom. The molecule has 7 nitrogen and oxygen atoms in total. The second kappa shape index (κ2) is 11.9. The Bertz CT molecular complexity index is 2380. The third kappa shape index (κ3) is 4.99. The van der Waals surface area contributed by atoms with E-state index < -0.39 is 0 Å². The molecule has 0 amide bonds. The molecule has 49 heavy (non-hydrogen) atoms. The van der Waals surface area contributed by atoms with E-state index in [1.807, 2.05) is 66.2 Å². The fourth-order valence-electron chi connectivity index (χ4n) is 6.96. The minimum atomic E-state index is -0.277. The summed E-state index contributed by atoms with van der Waals surface area (Å²) >= 11 is 0. The van der Waals surface area contributed by atoms with Crippen molar-refractivity contribution in [2.45, 2.75) is 19.3 Å². The van der Waals surface area contributed by atoms with Gasteiger partial charge in [0.25, 0.3) is 0 Å². The topological polar surface area (TPSA) is 49.1 Å². The molecule has 9 rings (SSSR count). The van der Waals surface area contributed by atoms with Crippen LogP contribution in [-0.2, 0) is 26.5 Å². The molecule has 0 unspecified atom stereocenters. The van der Waals surface area contributed by atoms with Gasteiger partial charge in [-0.1, -0.05) is 91.0 Å². The summed E-state index contributed by atoms with van der Waals surface area (Å²) in [5, 5.41) is 8.61. The predicted molar refractivity (Wildman–Crippen MR) is 193 cm³/mol. The van der Waals surface area contributed by atoms with Gasteiger partial charge < -0.3 is 24.1 Å². The van der Waals surface area contributed by atoms with Crippen LogP contribution >= 0.6 is 0 Å². The standard InChI is InChI=1S/C41H31N6O.Pt/c1-41(2)33-15-5-7-19-38(33)48-40-34(41)16-11-18-36(40)46(29-13-10-12-28(24-29)45-27-44(3)26-43-45)30-21-22-32-31-14-4-6-17-35(31)47(37(32)25-30)39-20-8-9-23-42-39;/h4-23,26-27H,1-3H3;/q-3;. The van der Waals surface area contributed by atoms with E-state index in [0.29, 0.717) is 0 Å². The number of rotatable bonds is 5. The van der Waals surface area contributed by atoms with Crippen LogP contribution in [0.5, 0.6) is 11.5 Å². The van der Waals surface area contributed by atoms with E-state index >= 15 is 0 Å². The maximum absolute atomic E-state index is 6.81. The Kier molecular flexibility index (Phi) is 7.53. The molecule has 244 valence electrons. The Balaban J connectivity index is 0.00000348. The van der Waals surface area contributed by atoms with Crippen molar-refractivity contribution in [2.24, 2.45) is 5.10 Å². The van der Waals surface area contributed by atoms with Crippen molar-refractivity contribution in [3.05, 3.63) is 151 Å². The average molecular weight is 819 g/mol. The number of fused-ring (bicyclic) bond motifs is 5. The maximum Gasteiger partial charge on any atom is 0.155 e. The van der Waals surface area contributed by atoms with Gasteiger partial charge in [-0.2, -0.15) is 17.2 Å². The smallest absolute Gasteiger partial charge is 0.155 e. The maximum atomic E-state index is 6.81. The molecule has 5 aromatic carbocycles. The van der Waals surface area contributed by atoms with E-state index in [1.165, 1.54) is 0 Å². The molecule has 0 saturated carbocycles. The van der Waals surface area contributed by atoms with Gasteiger partial charge in [0.15, 0.2) is 5.75 Å². The van der Waals surface area contributed by atoms with Crippen LogP contribution in [0.3, 0.4) is 0 Å². The Labute approximate surface area is 299 Å². The zero-order valence-electron chi connectivity index (χ0n) is 27.1. The number of aromatic nitrogens is 2. The molecule has 0 atom stereocenters. The molecule has 2 aliphatic heterocycles. The van der Waals surface area contributed by atoms with Crippen molar-refractivity contribution in [1.82, 2.24) is 14.5 Å². The number of anilines is 4. The molecule has 0 aliphatic carbocycles. The molecular weight excluding hydrogens is 788 g/mol. The number of para-hydroxylation sites is 3. The third-order valence-electron chi connectivity index (χ3n) is 9.27. The van der Waals surface area contributed by atoms with Gasteiger partial charge in [-0.05, 0) is 42.8 Å². The van der Waals surface area contributed by atoms with Crippen LogP contribution in [-0.4, -0.2) is 27.8 Å². The minimum absolute atomic E-state index is 0. The summed E-state index contributed by atoms with van der Waals surface area (Å²) in [6.07, 6.45) is 3.60. The summed E-state index contributed by atoms with van der Waals surface area (Å²) in [4.78, 5) is 8.85. The first-order valence-electron chi connectivity index (χ1n) is 16.0. The van der Waals surface area contributed by atoms with Crippen LogP contribution in [0.4, 0.5) is 22.7 Å². The fourth-order valence-corrected chi connectivity index (χ4v) is 6.96. The number of ether oxygens (including phenoxy) is 1. The zero-order chi connectivity index (χ0) is 32.4. The number of hydrogen-bond acceptors (Lipinski definition) is 6. The SMILES string of the molecule is CN1C=NN(c2[c-]c(N(c3[c-]c4c(cc3)c3ccccc3n4-c3ccccn3)c3cccc4c3Oc3ccccc3C4(C)C)ccc2)[CH-]1.[Pt]. The van der Waals surface area contributed by atoms with Crippen LogP contribution in [0.15, 0.2) is 127 Å². The van der Waals surface area contributed by atoms with Crippen molar-refractivity contribution in [3.8, 4) is 17.3 Å². The molecule has 4 heterocycles. The first-order chi connectivity index (χ1) is 23.5. The molecule has 0 N–H and O–H groups in total. The van der Waals surface area contributed by atoms with Crippen LogP contribution < -0.4 is 14.6 Å². The fraction of sp³-hybridized carbons (Fsp3) is 0.0976. The van der Waals surface area contributed by atoms with Crippen molar-refractivity contribution < 1.29 is 25.8 Å². The van der Waals surface area contributed by atoms with E-state index in [1.54, 1.807) is 6.34 Å². The van der Waals surface area contributed by atoms with Gasteiger partial charge in [-0.15, -0.1) is 42.4 Å². The molecule has 0 radical (unpaired) electrons. The van der Waals surface area contributed by atoms with Crippen molar-refractivity contribution in [2.75, 3.05) is 17.0 Å². The number of nitrogens with zero attached hydrogens (tertiary/aromatic N) is 6. The number of hydrazone groups is 1. The normalized spacial score (nSPS) is 14.3. The van der Waals surface area contributed by atoms with E-state index in [9.17, 15) is 0 Å². The third-order valence-corrected chi connectivity index (χ3v) is 9.27. The Morgan fingerprint density at radius 2 is 1.53 bits per heavy atom. The predicted octanol–water partition coefficient (Wildman–Crippen LogP) is 9.49. The van der Waals surface area contributed by atoms with Gasteiger partial charge in [-0.25, -0.2) is 4.98 Å². The van der Waals surface area contributed by atoms with Gasteiger partial charge in [0.2, 0.25) is 0 Å². The largest absolute Gasteiger partial charge is 0.493 e. The van der Waals surface area contributed by atoms with Crippen molar-refractivity contribution in [3.63, 3.8) is 0 Å². The first-order valence-corrected chi connectivity index (χ1v) is 16.0. The second-order valence-corrected chi connectivity index (χ2v) is 12.6. The Hall–Kier alpha value is -5.39. The van der Waals surface area contributed by atoms with E-state index in [4.69, 9.17) is 9.72 Å². The quantitative estimate of drug-likeness (QED) is 0.162. The summed E-state index contributed by atoms with van der Waals surface area (Å²) in [7, 11) is 1.96. The summed E-state index contributed by atoms with van der Waals surface area (Å²) in [5.74, 6) is 2.51. The zero-order valence-corrected chi connectivity index (χ0v) is 29.4. The van der Waals surface area contributed by atoms with Gasteiger partial charge in [0, 0.05) is 49.3 Å². The summed E-state index contributed by atoms with van der Waals surface area (Å²) in [6, 6.07) is 47.1. The van der Waals surface area contributed by atoms with E-state index in [0.717, 1.165) is 73.0 Å². The minimum Gasteiger partial charge on any atom is -0.493 e. The van der Waals surface area contributed by atoms with Gasteiger partial charge in [0.1, 0.15) is 11.6 Å². The molecule has 0 fully saturated rings. The van der Waals surface area contributed by atoms with E-state index in [-0.39, 0.29) is 26.5 Å². The van der Waals surface area contributed by atoms with Crippen LogP contribution in [0.25, 0.3) is 27.6 Å². The van der Waals surface area contributed by atoms with Crippen molar-refractivity contribution >= 4 is 50.9 Å². The number of hydrogen-bond donors (Lipinski definition) is 0. The van der Waals surface area contributed by atoms with Gasteiger partial charge >= 0.3 is 0 Å². The van der Waals surface area contributed by atoms with Crippen LogP contribution in [0.1, 0.15) is 25.0 Å². The number of benzene rings is 5. The average Bonchev–Trinajstić information content (AvgIpc) is 3.70. The van der Waals surface area contributed by atoms with Gasteiger partial charge in [-0.3, -0.25) is 0 Å². The van der Waals surface area contributed by atoms with Crippen LogP contribution in [0.2, 0.25) is 0 Å². The summed E-state index contributed by atoms with van der Waals surface area (Å²) < 4.78 is 9.00. The first kappa shape index (κ1) is 30.9. The van der Waals surface area contributed by atoms with Crippen molar-refractivity contribution in [1.29, 1.82) is 0 Å². The van der Waals surface area contributed by atoms with Gasteiger partial charge in [0.05, 0.1) is 12.0 Å². The Morgan fingerprint density at radius 1 is 0.755 bits per heavy atom. The molecule has 7 aromatic rings. The summed E-state index contributed by atoms with van der Waals surface area (Å²) in [5.41, 5.74) is 7.39. The summed E-state index contributed by atoms with van der Waals surface area (Å²) in [6.45, 7) is 6.45. The number of pyridine rings is 1. The molecule has 0 spiro atoms. The molecule has 2 aliphatic rings. The monoisotopic (exact) mass is 818 g/mol. The molecule has 0 bridgehead atoms. The van der Waals surface area contributed by atoms with E-state index in [2.05, 4.69) is 119 Å². The molecular formula is C41H31N6OPt-3. The van der Waals surface area contributed by atoms with Crippen LogP contribution in [0, 0.1) is 18.8 Å². The molecule has 8 heteroatoms. The second-order valence-electron chi connectivity index (χ2n) is 12.6.